The predicted octanol–water partition coefficient (Wildman–Crippen LogP) is 6.45. The zero-order valence-electron chi connectivity index (χ0n) is 21.1. The summed E-state index contributed by atoms with van der Waals surface area (Å²) in [6.45, 7) is 14.4. The first-order chi connectivity index (χ1) is 15.8. The van der Waals surface area contributed by atoms with E-state index in [0.717, 1.165) is 19.5 Å². The van der Waals surface area contributed by atoms with Crippen LogP contribution in [0.3, 0.4) is 0 Å². The maximum absolute atomic E-state index is 5.88. The van der Waals surface area contributed by atoms with Crippen LogP contribution in [0.2, 0.25) is 0 Å². The number of unbranched alkanes of at least 4 members (excludes halogenated alkanes) is 1. The van der Waals surface area contributed by atoms with Crippen LogP contribution in [-0.2, 0) is 10.8 Å². The van der Waals surface area contributed by atoms with Gasteiger partial charge in [-0.25, -0.2) is 0 Å². The molecular weight excluding hydrogens is 402 g/mol. The molecule has 3 nitrogen and oxygen atoms in total. The molecule has 0 saturated carbocycles. The Morgan fingerprint density at radius 1 is 0.909 bits per heavy atom. The largest absolute Gasteiger partial charge is 0.344 e. The van der Waals surface area contributed by atoms with Crippen molar-refractivity contribution in [2.45, 2.75) is 64.7 Å². The Hall–Kier alpha value is -2.65. The zero-order valence-corrected chi connectivity index (χ0v) is 21.1. The fourth-order valence-corrected chi connectivity index (χ4v) is 5.56. The number of benzene rings is 2. The molecule has 0 aromatic heterocycles. The number of nitrogens with two attached hydrogens (primary N) is 1. The second-order valence-electron chi connectivity index (χ2n) is 10.4. The second-order valence-corrected chi connectivity index (χ2v) is 10.4. The Morgan fingerprint density at radius 3 is 2.33 bits per heavy atom. The van der Waals surface area contributed by atoms with Gasteiger partial charge in [-0.05, 0) is 44.5 Å². The van der Waals surface area contributed by atoms with E-state index in [9.17, 15) is 0 Å². The molecule has 2 N–H and O–H groups in total. The number of fused-ring (bicyclic) bond motifs is 2. The van der Waals surface area contributed by atoms with Gasteiger partial charge in [0.15, 0.2) is 12.3 Å². The highest BCUT2D eigenvalue weighted by Gasteiger charge is 2.44. The number of nitrogens with zero attached hydrogens (tertiary/aromatic N) is 2. The van der Waals surface area contributed by atoms with Crippen LogP contribution in [0.5, 0.6) is 0 Å². The van der Waals surface area contributed by atoms with Crippen LogP contribution in [0.1, 0.15) is 65.0 Å². The van der Waals surface area contributed by atoms with Crippen LogP contribution < -0.4 is 10.6 Å². The number of hydrogen-bond donors (Lipinski definition) is 1. The fourth-order valence-electron chi connectivity index (χ4n) is 5.56. The van der Waals surface area contributed by atoms with Crippen molar-refractivity contribution < 1.29 is 4.58 Å². The van der Waals surface area contributed by atoms with Gasteiger partial charge >= 0.3 is 0 Å². The molecule has 0 saturated heterocycles. The molecule has 2 heterocycles. The fraction of sp³-hybridized carbons (Fsp3) is 0.433. The lowest BCUT2D eigenvalue weighted by molar-refractivity contribution is -0.437. The Balaban J connectivity index is 1.74. The Kier molecular flexibility index (Phi) is 6.63. The molecule has 0 atom stereocenters. The normalized spacial score (nSPS) is 19.6. The molecule has 3 heteroatoms. The Morgan fingerprint density at radius 2 is 1.61 bits per heavy atom. The number of rotatable bonds is 8. The number of para-hydroxylation sites is 2. The van der Waals surface area contributed by atoms with Crippen molar-refractivity contribution in [1.29, 1.82) is 0 Å². The lowest BCUT2D eigenvalue weighted by Crippen LogP contribution is -2.28. The van der Waals surface area contributed by atoms with Gasteiger partial charge in [-0.1, -0.05) is 69.7 Å². The van der Waals surface area contributed by atoms with Gasteiger partial charge in [-0.2, -0.15) is 4.58 Å². The summed E-state index contributed by atoms with van der Waals surface area (Å²) in [4.78, 5) is 2.54. The molecule has 0 unspecified atom stereocenters. The molecule has 174 valence electrons. The van der Waals surface area contributed by atoms with Crippen molar-refractivity contribution in [3.63, 3.8) is 0 Å². The number of hydrogen-bond acceptors (Lipinski definition) is 2. The average molecular weight is 443 g/mol. The molecule has 2 aromatic rings. The Bertz CT molecular complexity index is 1100. The minimum atomic E-state index is -0.0315. The summed E-state index contributed by atoms with van der Waals surface area (Å²) in [6, 6.07) is 17.7. The molecular formula is C30H40N3+. The lowest BCUT2D eigenvalue weighted by atomic mass is 9.81. The van der Waals surface area contributed by atoms with Gasteiger partial charge in [0.1, 0.15) is 0 Å². The molecule has 0 aliphatic carbocycles. The van der Waals surface area contributed by atoms with Crippen LogP contribution in [-0.4, -0.2) is 29.9 Å². The molecule has 2 aliphatic rings. The summed E-state index contributed by atoms with van der Waals surface area (Å²) in [5.74, 6) is 0. The van der Waals surface area contributed by atoms with Crippen LogP contribution in [0.15, 0.2) is 72.5 Å². The highest BCUT2D eigenvalue weighted by atomic mass is 15.2. The maximum Gasteiger partial charge on any atom is 0.209 e. The molecule has 2 aromatic carbocycles. The van der Waals surface area contributed by atoms with E-state index in [1.807, 2.05) is 0 Å². The quantitative estimate of drug-likeness (QED) is 0.477. The van der Waals surface area contributed by atoms with Crippen LogP contribution in [0, 0.1) is 0 Å². The van der Waals surface area contributed by atoms with Crippen molar-refractivity contribution >= 4 is 17.1 Å². The molecule has 2 aliphatic heterocycles. The van der Waals surface area contributed by atoms with Crippen LogP contribution >= 0.6 is 0 Å². The summed E-state index contributed by atoms with van der Waals surface area (Å²) in [5.41, 5.74) is 14.1. The van der Waals surface area contributed by atoms with E-state index in [1.165, 1.54) is 46.8 Å². The summed E-state index contributed by atoms with van der Waals surface area (Å²) < 4.78 is 2.47. The van der Waals surface area contributed by atoms with Gasteiger partial charge < -0.3 is 10.6 Å². The smallest absolute Gasteiger partial charge is 0.209 e. The van der Waals surface area contributed by atoms with Crippen molar-refractivity contribution in [3.8, 4) is 0 Å². The highest BCUT2D eigenvalue weighted by Crippen LogP contribution is 2.47. The van der Waals surface area contributed by atoms with Crippen LogP contribution in [0.4, 0.5) is 11.4 Å². The first kappa shape index (κ1) is 23.5. The Labute approximate surface area is 200 Å². The van der Waals surface area contributed by atoms with Crippen molar-refractivity contribution in [2.24, 2.45) is 5.73 Å². The van der Waals surface area contributed by atoms with Gasteiger partial charge in [-0.15, -0.1) is 0 Å². The summed E-state index contributed by atoms with van der Waals surface area (Å²) in [7, 11) is 0. The predicted molar refractivity (Wildman–Crippen MR) is 142 cm³/mol. The van der Waals surface area contributed by atoms with Gasteiger partial charge in [0.2, 0.25) is 5.69 Å². The summed E-state index contributed by atoms with van der Waals surface area (Å²) in [6.07, 6.45) is 10.3. The topological polar surface area (TPSA) is 32.3 Å². The average Bonchev–Trinajstić information content (AvgIpc) is 3.16. The van der Waals surface area contributed by atoms with E-state index >= 15 is 0 Å². The molecule has 0 bridgehead atoms. The first-order valence-electron chi connectivity index (χ1n) is 12.5. The van der Waals surface area contributed by atoms with E-state index in [0.29, 0.717) is 6.54 Å². The molecule has 0 spiro atoms. The van der Waals surface area contributed by atoms with Crippen molar-refractivity contribution in [3.05, 3.63) is 83.6 Å². The van der Waals surface area contributed by atoms with E-state index in [-0.39, 0.29) is 10.8 Å². The maximum atomic E-state index is 5.88. The van der Waals surface area contributed by atoms with E-state index in [2.05, 4.69) is 111 Å². The first-order valence-corrected chi connectivity index (χ1v) is 12.5. The summed E-state index contributed by atoms with van der Waals surface area (Å²) in [5, 5.41) is 0. The summed E-state index contributed by atoms with van der Waals surface area (Å²) >= 11 is 0. The van der Waals surface area contributed by atoms with Gasteiger partial charge in [-0.3, -0.25) is 0 Å². The van der Waals surface area contributed by atoms with E-state index in [1.54, 1.807) is 0 Å². The minimum Gasteiger partial charge on any atom is -0.344 e. The third kappa shape index (κ3) is 4.08. The van der Waals surface area contributed by atoms with E-state index in [4.69, 9.17) is 5.73 Å². The van der Waals surface area contributed by atoms with Gasteiger partial charge in [0, 0.05) is 47.5 Å². The number of allylic oxidation sites excluding steroid dienone is 4. The molecule has 33 heavy (non-hydrogen) atoms. The monoisotopic (exact) mass is 442 g/mol. The standard InChI is InChI=1S/C30H40N3/c1-6-7-21-32-25-16-10-8-14-23(25)29(2,3)27(32)18-12-19-28-30(4,5)24-15-9-11-17-26(24)33(28)22-13-20-31/h8-12,14-19H,6-7,13,20-22,31H2,1-5H3/q+1. The van der Waals surface area contributed by atoms with E-state index < -0.39 is 0 Å². The molecule has 0 fully saturated rings. The lowest BCUT2D eigenvalue weighted by Gasteiger charge is -2.27. The molecule has 0 amide bonds. The SMILES string of the molecule is CCCCN1C(=CC=CC2=[N+](CCCN)c3ccccc3C2(C)C)C(C)(C)c2ccccc21. The molecule has 4 rings (SSSR count). The van der Waals surface area contributed by atoms with Gasteiger partial charge in [0.25, 0.3) is 0 Å². The molecule has 0 radical (unpaired) electrons. The van der Waals surface area contributed by atoms with Crippen molar-refractivity contribution in [1.82, 2.24) is 0 Å². The number of anilines is 1. The van der Waals surface area contributed by atoms with Crippen LogP contribution in [0.25, 0.3) is 0 Å². The third-order valence-corrected chi connectivity index (χ3v) is 7.43. The third-order valence-electron chi connectivity index (χ3n) is 7.43. The zero-order chi connectivity index (χ0) is 23.6. The second kappa shape index (κ2) is 9.30. The van der Waals surface area contributed by atoms with Gasteiger partial charge in [0.05, 0.1) is 5.41 Å². The minimum absolute atomic E-state index is 0.00721. The van der Waals surface area contributed by atoms with Crippen molar-refractivity contribution in [2.75, 3.05) is 24.5 Å². The highest BCUT2D eigenvalue weighted by molar-refractivity contribution is 6.03.